The fraction of sp³-hybridized carbons (Fsp3) is 0.214. The molecule has 0 radical (unpaired) electrons. The number of aryl methyl sites for hydroxylation is 3. The number of amides is 2. The number of carbonyl (C=O) groups excluding carboxylic acids is 2. The van der Waals surface area contributed by atoms with Crippen molar-refractivity contribution in [3.63, 3.8) is 0 Å². The van der Waals surface area contributed by atoms with Crippen LogP contribution in [0.1, 0.15) is 34.4 Å². The van der Waals surface area contributed by atoms with Crippen LogP contribution >= 0.6 is 0 Å². The van der Waals surface area contributed by atoms with Gasteiger partial charge in [0.15, 0.2) is 6.04 Å². The smallest absolute Gasteiger partial charge is 0.251 e. The van der Waals surface area contributed by atoms with Crippen LogP contribution in [0.15, 0.2) is 81.8 Å². The zero-order valence-corrected chi connectivity index (χ0v) is 20.8. The molecule has 2 aromatic carbocycles. The molecule has 0 fully saturated rings. The predicted octanol–water partition coefficient (Wildman–Crippen LogP) is 4.63. The summed E-state index contributed by atoms with van der Waals surface area (Å²) in [6.07, 6.45) is 1.54. The van der Waals surface area contributed by atoms with Crippen LogP contribution in [-0.2, 0) is 22.7 Å². The first kappa shape index (κ1) is 24.1. The van der Waals surface area contributed by atoms with Crippen LogP contribution in [0.2, 0.25) is 0 Å². The van der Waals surface area contributed by atoms with E-state index in [4.69, 9.17) is 8.83 Å². The van der Waals surface area contributed by atoms with Crippen molar-refractivity contribution in [2.24, 2.45) is 0 Å². The lowest BCUT2D eigenvalue weighted by molar-refractivity contribution is -0.127. The second kappa shape index (κ2) is 10.1. The van der Waals surface area contributed by atoms with E-state index in [1.165, 1.54) is 9.58 Å². The average molecular weight is 498 g/mol. The number of nitrogens with one attached hydrogen (secondary N) is 1. The molecule has 3 heterocycles. The van der Waals surface area contributed by atoms with E-state index >= 15 is 0 Å². The summed E-state index contributed by atoms with van der Waals surface area (Å²) >= 11 is 0. The van der Waals surface area contributed by atoms with E-state index in [0.29, 0.717) is 28.5 Å². The number of carbonyl (C=O) groups is 2. The Morgan fingerprint density at radius 2 is 1.84 bits per heavy atom. The third-order valence-electron chi connectivity index (χ3n) is 6.30. The summed E-state index contributed by atoms with van der Waals surface area (Å²) in [5, 5.41) is 11.2. The predicted molar refractivity (Wildman–Crippen MR) is 138 cm³/mol. The van der Waals surface area contributed by atoms with E-state index in [1.807, 2.05) is 56.3 Å². The first-order valence-corrected chi connectivity index (χ1v) is 11.9. The number of aromatic nitrogens is 3. The van der Waals surface area contributed by atoms with E-state index in [0.717, 1.165) is 16.6 Å². The van der Waals surface area contributed by atoms with E-state index in [2.05, 4.69) is 15.6 Å². The van der Waals surface area contributed by atoms with Gasteiger partial charge in [-0.25, -0.2) is 4.68 Å². The highest BCUT2D eigenvalue weighted by molar-refractivity contribution is 6.01. The molecule has 0 unspecified atom stereocenters. The molecule has 0 spiro atoms. The summed E-state index contributed by atoms with van der Waals surface area (Å²) in [5.74, 6) is 0.839. The van der Waals surface area contributed by atoms with Crippen molar-refractivity contribution in [3.05, 3.63) is 101 Å². The molecule has 0 bridgehead atoms. The van der Waals surface area contributed by atoms with E-state index < -0.39 is 11.9 Å². The summed E-state index contributed by atoms with van der Waals surface area (Å²) in [6, 6.07) is 19.0. The molecule has 3 aromatic heterocycles. The molecular weight excluding hydrogens is 470 g/mol. The minimum absolute atomic E-state index is 0.116. The molecule has 1 atom stereocenters. The number of hydrogen-bond donors (Lipinski definition) is 1. The van der Waals surface area contributed by atoms with E-state index in [9.17, 15) is 9.59 Å². The topological polar surface area (TPSA) is 106 Å². The van der Waals surface area contributed by atoms with Crippen molar-refractivity contribution in [2.45, 2.75) is 39.9 Å². The van der Waals surface area contributed by atoms with Gasteiger partial charge >= 0.3 is 0 Å². The summed E-state index contributed by atoms with van der Waals surface area (Å²) in [7, 11) is 0. The Morgan fingerprint density at radius 1 is 1.00 bits per heavy atom. The van der Waals surface area contributed by atoms with Crippen molar-refractivity contribution in [3.8, 4) is 0 Å². The third kappa shape index (κ3) is 5.02. The number of para-hydroxylation sites is 1. The van der Waals surface area contributed by atoms with Gasteiger partial charge in [-0.2, -0.15) is 0 Å². The average Bonchev–Trinajstić information content (AvgIpc) is 3.65. The molecule has 37 heavy (non-hydrogen) atoms. The molecule has 0 saturated heterocycles. The Hall–Kier alpha value is -4.66. The van der Waals surface area contributed by atoms with Crippen molar-refractivity contribution < 1.29 is 18.4 Å². The largest absolute Gasteiger partial charge is 0.467 e. The molecule has 5 rings (SSSR count). The van der Waals surface area contributed by atoms with Gasteiger partial charge < -0.3 is 14.2 Å². The van der Waals surface area contributed by atoms with Crippen molar-refractivity contribution in [1.29, 1.82) is 0 Å². The second-order valence-electron chi connectivity index (χ2n) is 8.92. The minimum Gasteiger partial charge on any atom is -0.467 e. The number of anilines is 1. The number of hydrogen-bond acceptors (Lipinski definition) is 6. The summed E-state index contributed by atoms with van der Waals surface area (Å²) in [6.45, 7) is 5.82. The second-order valence-corrected chi connectivity index (χ2v) is 8.92. The zero-order chi connectivity index (χ0) is 25.9. The van der Waals surface area contributed by atoms with Crippen LogP contribution in [-0.4, -0.2) is 26.8 Å². The molecule has 1 N–H and O–H groups in total. The molecule has 0 aliphatic heterocycles. The molecule has 9 nitrogen and oxygen atoms in total. The van der Waals surface area contributed by atoms with Gasteiger partial charge in [0.05, 0.1) is 18.3 Å². The monoisotopic (exact) mass is 497 g/mol. The molecule has 0 aliphatic rings. The van der Waals surface area contributed by atoms with Gasteiger partial charge in [-0.05, 0) is 80.4 Å². The van der Waals surface area contributed by atoms with Gasteiger partial charge in [0, 0.05) is 5.69 Å². The Kier molecular flexibility index (Phi) is 6.59. The van der Waals surface area contributed by atoms with Crippen LogP contribution in [0.4, 0.5) is 5.69 Å². The van der Waals surface area contributed by atoms with Crippen molar-refractivity contribution >= 4 is 28.5 Å². The Balaban J connectivity index is 1.56. The van der Waals surface area contributed by atoms with Crippen molar-refractivity contribution in [2.75, 3.05) is 4.90 Å². The summed E-state index contributed by atoms with van der Waals surface area (Å²) < 4.78 is 12.8. The number of rotatable bonds is 8. The molecular formula is C28H27N5O4. The van der Waals surface area contributed by atoms with Gasteiger partial charge in [-0.1, -0.05) is 23.4 Å². The highest BCUT2D eigenvalue weighted by Gasteiger charge is 2.35. The fourth-order valence-corrected chi connectivity index (χ4v) is 4.21. The van der Waals surface area contributed by atoms with Gasteiger partial charge in [0.2, 0.25) is 5.91 Å². The molecule has 0 saturated carbocycles. The molecule has 2 amide bonds. The zero-order valence-electron chi connectivity index (χ0n) is 20.8. The number of nitrogens with zero attached hydrogens (tertiary/aromatic N) is 4. The lowest BCUT2D eigenvalue weighted by Crippen LogP contribution is -2.45. The third-order valence-corrected chi connectivity index (χ3v) is 6.30. The lowest BCUT2D eigenvalue weighted by Gasteiger charge is -2.30. The Bertz CT molecular complexity index is 1550. The molecule has 0 aliphatic carbocycles. The molecule has 5 aromatic rings. The van der Waals surface area contributed by atoms with Gasteiger partial charge in [-0.3, -0.25) is 14.5 Å². The van der Waals surface area contributed by atoms with Gasteiger partial charge in [0.1, 0.15) is 29.3 Å². The normalized spacial score (nSPS) is 12.0. The SMILES string of the molecule is Cc1ccc([C@@H](C(=O)NCc2ccco2)N(C(=O)Cn2nnc3ccccc32)c2ccc(C)c(C)c2)o1. The maximum atomic E-state index is 14.0. The van der Waals surface area contributed by atoms with Gasteiger partial charge in [-0.15, -0.1) is 5.10 Å². The van der Waals surface area contributed by atoms with Crippen molar-refractivity contribution in [1.82, 2.24) is 20.3 Å². The fourth-order valence-electron chi connectivity index (χ4n) is 4.21. The number of benzene rings is 2. The summed E-state index contributed by atoms with van der Waals surface area (Å²) in [5.41, 5.74) is 4.05. The van der Waals surface area contributed by atoms with E-state index in [-0.39, 0.29) is 19.0 Å². The number of furan rings is 2. The first-order valence-electron chi connectivity index (χ1n) is 11.9. The number of fused-ring (bicyclic) bond motifs is 1. The summed E-state index contributed by atoms with van der Waals surface area (Å²) in [4.78, 5) is 29.2. The maximum absolute atomic E-state index is 14.0. The quantitative estimate of drug-likeness (QED) is 0.335. The van der Waals surface area contributed by atoms with Crippen LogP contribution in [0.25, 0.3) is 11.0 Å². The standard InChI is InChI=1S/C28H27N5O4/c1-18-10-12-21(15-19(18)2)33(26(34)17-32-24-9-5-4-8-23(24)30-31-32)27(25-13-11-20(3)37-25)28(35)29-16-22-7-6-14-36-22/h4-15,27H,16-17H2,1-3H3,(H,29,35)/t27-/m0/s1. The minimum atomic E-state index is -1.06. The maximum Gasteiger partial charge on any atom is 0.251 e. The highest BCUT2D eigenvalue weighted by Crippen LogP contribution is 2.31. The Labute approximate surface area is 213 Å². The molecule has 9 heteroatoms. The highest BCUT2D eigenvalue weighted by atomic mass is 16.3. The lowest BCUT2D eigenvalue weighted by atomic mass is 10.1. The van der Waals surface area contributed by atoms with Crippen LogP contribution < -0.4 is 10.2 Å². The van der Waals surface area contributed by atoms with E-state index in [1.54, 1.807) is 37.5 Å². The first-order chi connectivity index (χ1) is 17.9. The van der Waals surface area contributed by atoms with Crippen LogP contribution in [0.3, 0.4) is 0 Å². The van der Waals surface area contributed by atoms with Crippen LogP contribution in [0.5, 0.6) is 0 Å². The van der Waals surface area contributed by atoms with Gasteiger partial charge in [0.25, 0.3) is 5.91 Å². The Morgan fingerprint density at radius 3 is 2.57 bits per heavy atom. The van der Waals surface area contributed by atoms with Crippen LogP contribution in [0, 0.1) is 20.8 Å². The molecule has 188 valence electrons.